The van der Waals surface area contributed by atoms with Crippen LogP contribution >= 0.6 is 11.8 Å². The lowest BCUT2D eigenvalue weighted by Gasteiger charge is -2.36. The molecule has 0 radical (unpaired) electrons. The molecule has 1 unspecified atom stereocenters. The third-order valence-electron chi connectivity index (χ3n) is 6.33. The molecular weight excluding hydrogens is 546 g/mol. The van der Waals surface area contributed by atoms with E-state index in [0.717, 1.165) is 16.7 Å². The van der Waals surface area contributed by atoms with Crippen LogP contribution in [0.1, 0.15) is 45.6 Å². The molecule has 222 valence electrons. The van der Waals surface area contributed by atoms with E-state index in [1.54, 1.807) is 32.5 Å². The van der Waals surface area contributed by atoms with Crippen molar-refractivity contribution in [2.24, 2.45) is 0 Å². The molecule has 0 aromatic heterocycles. The first-order chi connectivity index (χ1) is 19.4. The lowest BCUT2D eigenvalue weighted by atomic mass is 10.00. The number of thioether (sulfide) groups is 1. The minimum atomic E-state index is -1.18. The number of hydrogen-bond donors (Lipinski definition) is 3. The van der Waals surface area contributed by atoms with E-state index < -0.39 is 48.3 Å². The average molecular weight is 586 g/mol. The second-order valence-electron chi connectivity index (χ2n) is 10.8. The number of carboxylic acid groups (broad SMARTS) is 1. The number of nitrogens with zero attached hydrogens (tertiary/aromatic N) is 1. The molecule has 0 aliphatic carbocycles. The fraction of sp³-hybridized carbons (Fsp3) is 0.467. The molecule has 3 amide bonds. The van der Waals surface area contributed by atoms with Crippen LogP contribution in [-0.4, -0.2) is 77.7 Å². The number of carboxylic acids is 1. The van der Waals surface area contributed by atoms with Crippen molar-refractivity contribution in [3.8, 4) is 11.1 Å². The number of benzene rings is 2. The predicted molar refractivity (Wildman–Crippen MR) is 156 cm³/mol. The fourth-order valence-corrected chi connectivity index (χ4v) is 4.73. The second-order valence-corrected chi connectivity index (χ2v) is 11.6. The molecule has 0 spiro atoms. The molecule has 0 bridgehead atoms. The Bertz CT molecular complexity index is 1200. The van der Waals surface area contributed by atoms with Crippen LogP contribution in [0.5, 0.6) is 0 Å². The van der Waals surface area contributed by atoms with Crippen LogP contribution < -0.4 is 10.6 Å². The van der Waals surface area contributed by atoms with Gasteiger partial charge in [-0.1, -0.05) is 36.4 Å². The van der Waals surface area contributed by atoms with E-state index in [0.29, 0.717) is 19.6 Å². The van der Waals surface area contributed by atoms with Crippen LogP contribution in [0, 0.1) is 0 Å². The Balaban J connectivity index is 1.64. The van der Waals surface area contributed by atoms with Crippen LogP contribution in [0.3, 0.4) is 0 Å². The summed E-state index contributed by atoms with van der Waals surface area (Å²) in [7, 11) is 0. The van der Waals surface area contributed by atoms with Gasteiger partial charge in [-0.05, 0) is 62.3 Å². The fourth-order valence-electron chi connectivity index (χ4n) is 4.33. The highest BCUT2D eigenvalue weighted by molar-refractivity contribution is 7.98. The molecule has 3 N–H and O–H groups in total. The van der Waals surface area contributed by atoms with Gasteiger partial charge in [-0.25, -0.2) is 4.79 Å². The van der Waals surface area contributed by atoms with Gasteiger partial charge in [0.2, 0.25) is 11.8 Å². The van der Waals surface area contributed by atoms with Crippen molar-refractivity contribution in [2.75, 3.05) is 26.0 Å². The topological polar surface area (TPSA) is 134 Å². The first-order valence-corrected chi connectivity index (χ1v) is 14.8. The average Bonchev–Trinajstić information content (AvgIpc) is 2.94. The van der Waals surface area contributed by atoms with E-state index in [2.05, 4.69) is 22.8 Å². The largest absolute Gasteiger partial charge is 0.480 e. The van der Waals surface area contributed by atoms with E-state index in [1.165, 1.54) is 9.80 Å². The first kappa shape index (κ1) is 32.0. The minimum absolute atomic E-state index is 0.00233. The molecule has 1 fully saturated rings. The van der Waals surface area contributed by atoms with Crippen LogP contribution in [0.2, 0.25) is 0 Å². The molecule has 1 aliphatic rings. The maximum Gasteiger partial charge on any atom is 0.412 e. The minimum Gasteiger partial charge on any atom is -0.480 e. The third kappa shape index (κ3) is 10.4. The van der Waals surface area contributed by atoms with Crippen molar-refractivity contribution < 1.29 is 33.8 Å². The molecule has 1 heterocycles. The highest BCUT2D eigenvalue weighted by atomic mass is 32.2. The summed E-state index contributed by atoms with van der Waals surface area (Å²) >= 11 is 1.67. The van der Waals surface area contributed by atoms with Crippen molar-refractivity contribution >= 4 is 35.6 Å². The van der Waals surface area contributed by atoms with E-state index >= 15 is 0 Å². The summed E-state index contributed by atoms with van der Waals surface area (Å²) in [5, 5.41) is 14.1. The summed E-state index contributed by atoms with van der Waals surface area (Å²) in [6.07, 6.45) is 1.95. The quantitative estimate of drug-likeness (QED) is 0.336. The number of carbonyl (C=O) groups excluding carboxylic acids is 3. The standard InChI is InChI=1S/C30H39N3O7S/c1-30(2,3)40-29(38)33-16-5-17-39-26(33)15-14-25(34)32-24(28(37)31-19-27(35)36)18-20-6-8-21(9-7-20)22-10-12-23(41-4)13-11-22/h6-13,24,26H,5,14-19H2,1-4H3,(H,31,37)(H,32,34)(H,35,36)/t24-,26?/m0/s1. The SMILES string of the molecule is CSc1ccc(-c2ccc(C[C@H](NC(=O)CCC3OCCCN3C(=O)OC(C)(C)C)C(=O)NCC(=O)O)cc2)cc1. The lowest BCUT2D eigenvalue weighted by Crippen LogP contribution is -2.50. The van der Waals surface area contributed by atoms with E-state index in [1.807, 2.05) is 42.7 Å². The van der Waals surface area contributed by atoms with Crippen molar-refractivity contribution in [3.63, 3.8) is 0 Å². The van der Waals surface area contributed by atoms with Crippen LogP contribution in [0.4, 0.5) is 4.79 Å². The van der Waals surface area contributed by atoms with Gasteiger partial charge in [-0.3, -0.25) is 19.3 Å². The highest BCUT2D eigenvalue weighted by Crippen LogP contribution is 2.24. The van der Waals surface area contributed by atoms with E-state index in [4.69, 9.17) is 14.6 Å². The zero-order valence-corrected chi connectivity index (χ0v) is 24.8. The number of rotatable bonds is 11. The van der Waals surface area contributed by atoms with Crippen molar-refractivity contribution in [3.05, 3.63) is 54.1 Å². The smallest absolute Gasteiger partial charge is 0.412 e. The molecule has 11 heteroatoms. The van der Waals surface area contributed by atoms with Crippen molar-refractivity contribution in [1.82, 2.24) is 15.5 Å². The van der Waals surface area contributed by atoms with Gasteiger partial charge in [-0.15, -0.1) is 11.8 Å². The van der Waals surface area contributed by atoms with Gasteiger partial charge in [0.25, 0.3) is 0 Å². The van der Waals surface area contributed by atoms with Crippen molar-refractivity contribution in [1.29, 1.82) is 0 Å². The number of carbonyl (C=O) groups is 4. The number of aliphatic carboxylic acids is 1. The molecule has 2 aromatic rings. The Morgan fingerprint density at radius 1 is 1.07 bits per heavy atom. The Kier molecular flexibility index (Phi) is 11.6. The van der Waals surface area contributed by atoms with Gasteiger partial charge in [-0.2, -0.15) is 0 Å². The van der Waals surface area contributed by atoms with E-state index in [-0.39, 0.29) is 19.3 Å². The number of hydrogen-bond acceptors (Lipinski definition) is 7. The Hall–Kier alpha value is -3.57. The molecule has 41 heavy (non-hydrogen) atoms. The van der Waals surface area contributed by atoms with Crippen molar-refractivity contribution in [2.45, 2.75) is 69.2 Å². The molecule has 3 rings (SSSR count). The molecule has 1 saturated heterocycles. The summed E-state index contributed by atoms with van der Waals surface area (Å²) in [6.45, 7) is 5.71. The zero-order valence-electron chi connectivity index (χ0n) is 24.0. The first-order valence-electron chi connectivity index (χ1n) is 13.6. The Labute approximate surface area is 245 Å². The summed E-state index contributed by atoms with van der Waals surface area (Å²) in [5.74, 6) is -2.19. The lowest BCUT2D eigenvalue weighted by molar-refractivity contribution is -0.138. The zero-order chi connectivity index (χ0) is 30.0. The van der Waals surface area contributed by atoms with Crippen LogP contribution in [0.15, 0.2) is 53.4 Å². The van der Waals surface area contributed by atoms with Gasteiger partial charge in [0.15, 0.2) is 0 Å². The molecule has 2 atom stereocenters. The highest BCUT2D eigenvalue weighted by Gasteiger charge is 2.32. The number of nitrogens with one attached hydrogen (secondary N) is 2. The number of amides is 3. The van der Waals surface area contributed by atoms with E-state index in [9.17, 15) is 19.2 Å². The third-order valence-corrected chi connectivity index (χ3v) is 7.07. The van der Waals surface area contributed by atoms with Gasteiger partial charge < -0.3 is 25.2 Å². The molecule has 10 nitrogen and oxygen atoms in total. The summed E-state index contributed by atoms with van der Waals surface area (Å²) in [6, 6.07) is 14.9. The van der Waals surface area contributed by atoms with Gasteiger partial charge in [0.1, 0.15) is 24.4 Å². The summed E-state index contributed by atoms with van der Waals surface area (Å²) in [5.41, 5.74) is 2.21. The molecular formula is C30H39N3O7S. The van der Waals surface area contributed by atoms with Gasteiger partial charge in [0.05, 0.1) is 6.61 Å². The van der Waals surface area contributed by atoms with Gasteiger partial charge in [0, 0.05) is 30.7 Å². The summed E-state index contributed by atoms with van der Waals surface area (Å²) < 4.78 is 11.2. The number of ether oxygens (including phenoxy) is 2. The second kappa shape index (κ2) is 14.9. The monoisotopic (exact) mass is 585 g/mol. The molecule has 1 aliphatic heterocycles. The molecule has 2 aromatic carbocycles. The summed E-state index contributed by atoms with van der Waals surface area (Å²) in [4.78, 5) is 52.0. The maximum atomic E-state index is 12.9. The normalized spacial score (nSPS) is 16.0. The predicted octanol–water partition coefficient (Wildman–Crippen LogP) is 4.07. The Morgan fingerprint density at radius 2 is 1.71 bits per heavy atom. The Morgan fingerprint density at radius 3 is 2.29 bits per heavy atom. The van der Waals surface area contributed by atoms with Gasteiger partial charge >= 0.3 is 12.1 Å². The molecule has 0 saturated carbocycles. The maximum absolute atomic E-state index is 12.9. The van der Waals surface area contributed by atoms with Crippen LogP contribution in [0.25, 0.3) is 11.1 Å². The van der Waals surface area contributed by atoms with Crippen LogP contribution in [-0.2, 0) is 30.3 Å².